The van der Waals surface area contributed by atoms with E-state index in [9.17, 15) is 14.4 Å². The second-order valence-electron chi connectivity index (χ2n) is 7.64. The fraction of sp³-hybridized carbons (Fsp3) is 0.115. The summed E-state index contributed by atoms with van der Waals surface area (Å²) in [5.41, 5.74) is 4.64. The molecule has 1 aliphatic rings. The van der Waals surface area contributed by atoms with Crippen molar-refractivity contribution in [3.05, 3.63) is 105 Å². The zero-order valence-electron chi connectivity index (χ0n) is 17.7. The Morgan fingerprint density at radius 2 is 1.56 bits per heavy atom. The minimum atomic E-state index is -0.754. The highest BCUT2D eigenvalue weighted by Gasteiger charge is 2.37. The summed E-state index contributed by atoms with van der Waals surface area (Å²) in [5.74, 6) is -1.37. The maximum Gasteiger partial charge on any atom is 0.335 e. The molecule has 0 spiro atoms. The van der Waals surface area contributed by atoms with E-state index in [1.165, 1.54) is 6.08 Å². The molecule has 5 nitrogen and oxygen atoms in total. The topological polar surface area (TPSA) is 66.5 Å². The van der Waals surface area contributed by atoms with Gasteiger partial charge in [0.15, 0.2) is 0 Å². The van der Waals surface area contributed by atoms with E-state index < -0.39 is 17.8 Å². The van der Waals surface area contributed by atoms with Gasteiger partial charge in [-0.05, 0) is 66.3 Å². The molecule has 1 N–H and O–H groups in total. The molecule has 4 amide bonds. The number of anilines is 1. The van der Waals surface area contributed by atoms with Gasteiger partial charge in [-0.3, -0.25) is 14.9 Å². The van der Waals surface area contributed by atoms with E-state index in [0.717, 1.165) is 27.2 Å². The summed E-state index contributed by atoms with van der Waals surface area (Å²) >= 11 is 6.32. The maximum absolute atomic E-state index is 13.3. The highest BCUT2D eigenvalue weighted by Crippen LogP contribution is 2.28. The van der Waals surface area contributed by atoms with Crippen LogP contribution in [0.4, 0.5) is 10.5 Å². The summed E-state index contributed by atoms with van der Waals surface area (Å²) in [6, 6.07) is 19.6. The van der Waals surface area contributed by atoms with Crippen molar-refractivity contribution in [3.8, 4) is 0 Å². The third-order valence-corrected chi connectivity index (χ3v) is 5.98. The van der Waals surface area contributed by atoms with Crippen LogP contribution in [-0.2, 0) is 16.0 Å². The molecule has 160 valence electrons. The largest absolute Gasteiger partial charge is 0.335 e. The lowest BCUT2D eigenvalue weighted by Gasteiger charge is -2.28. The van der Waals surface area contributed by atoms with Crippen molar-refractivity contribution in [2.24, 2.45) is 0 Å². The van der Waals surface area contributed by atoms with Gasteiger partial charge in [0.1, 0.15) is 5.57 Å². The molecule has 0 bridgehead atoms. The molecule has 0 radical (unpaired) electrons. The van der Waals surface area contributed by atoms with E-state index in [2.05, 4.69) is 5.32 Å². The molecule has 4 rings (SSSR count). The summed E-state index contributed by atoms with van der Waals surface area (Å²) in [5, 5.41) is 2.94. The van der Waals surface area contributed by atoms with Crippen LogP contribution in [0, 0.1) is 13.8 Å². The monoisotopic (exact) mass is 444 g/mol. The maximum atomic E-state index is 13.3. The molecule has 1 fully saturated rings. The molecule has 32 heavy (non-hydrogen) atoms. The van der Waals surface area contributed by atoms with Gasteiger partial charge in [-0.1, -0.05) is 66.2 Å². The first-order chi connectivity index (χ1) is 15.4. The van der Waals surface area contributed by atoms with E-state index in [0.29, 0.717) is 22.7 Å². The number of urea groups is 1. The Bertz CT molecular complexity index is 1280. The average Bonchev–Trinajstić information content (AvgIpc) is 2.76. The first-order valence-corrected chi connectivity index (χ1v) is 10.5. The number of carbonyl (C=O) groups is 3. The van der Waals surface area contributed by atoms with Gasteiger partial charge in [0, 0.05) is 5.02 Å². The van der Waals surface area contributed by atoms with Crippen LogP contribution in [0.25, 0.3) is 6.08 Å². The van der Waals surface area contributed by atoms with Crippen molar-refractivity contribution in [1.29, 1.82) is 0 Å². The molecule has 1 saturated heterocycles. The summed E-state index contributed by atoms with van der Waals surface area (Å²) in [7, 11) is 0. The first kappa shape index (κ1) is 21.5. The molecule has 0 aliphatic carbocycles. The normalized spacial score (nSPS) is 15.3. The number of amides is 4. The van der Waals surface area contributed by atoms with E-state index in [1.807, 2.05) is 68.4 Å². The zero-order chi connectivity index (χ0) is 22.8. The number of hydrogen-bond acceptors (Lipinski definition) is 3. The second-order valence-corrected chi connectivity index (χ2v) is 8.05. The number of nitrogens with zero attached hydrogens (tertiary/aromatic N) is 1. The van der Waals surface area contributed by atoms with Gasteiger partial charge >= 0.3 is 6.03 Å². The summed E-state index contributed by atoms with van der Waals surface area (Å²) in [4.78, 5) is 39.5. The smallest absolute Gasteiger partial charge is 0.273 e. The number of carbonyl (C=O) groups excluding carboxylic acids is 3. The Morgan fingerprint density at radius 3 is 2.31 bits per heavy atom. The van der Waals surface area contributed by atoms with Crippen LogP contribution < -0.4 is 10.2 Å². The number of benzene rings is 3. The number of barbiturate groups is 1. The van der Waals surface area contributed by atoms with E-state index in [-0.39, 0.29) is 5.57 Å². The number of imide groups is 2. The molecule has 6 heteroatoms. The van der Waals surface area contributed by atoms with Crippen LogP contribution in [0.5, 0.6) is 0 Å². The number of aryl methyl sites for hydroxylation is 1. The number of rotatable bonds is 4. The second kappa shape index (κ2) is 8.81. The van der Waals surface area contributed by atoms with E-state index >= 15 is 0 Å². The molecule has 1 heterocycles. The van der Waals surface area contributed by atoms with Gasteiger partial charge in [0.2, 0.25) is 0 Å². The average molecular weight is 445 g/mol. The van der Waals surface area contributed by atoms with Crippen LogP contribution in [-0.4, -0.2) is 17.8 Å². The summed E-state index contributed by atoms with van der Waals surface area (Å²) < 4.78 is 0. The van der Waals surface area contributed by atoms with Gasteiger partial charge in [-0.2, -0.15) is 0 Å². The lowest BCUT2D eigenvalue weighted by molar-refractivity contribution is -0.122. The lowest BCUT2D eigenvalue weighted by atomic mass is 9.97. The SMILES string of the molecule is Cc1cccc(N2C(=O)NC(=O)/C(=C\c3ccccc3Cc3ccccc3Cl)C2=O)c1C. The summed E-state index contributed by atoms with van der Waals surface area (Å²) in [6.45, 7) is 3.74. The molecule has 0 aromatic heterocycles. The van der Waals surface area contributed by atoms with Crippen LogP contribution in [0.2, 0.25) is 5.02 Å². The van der Waals surface area contributed by atoms with E-state index in [4.69, 9.17) is 11.6 Å². The third kappa shape index (κ3) is 4.07. The Balaban J connectivity index is 1.75. The predicted octanol–water partition coefficient (Wildman–Crippen LogP) is 5.21. The lowest BCUT2D eigenvalue weighted by Crippen LogP contribution is -2.54. The quantitative estimate of drug-likeness (QED) is 0.443. The highest BCUT2D eigenvalue weighted by molar-refractivity contribution is 6.39. The van der Waals surface area contributed by atoms with Crippen molar-refractivity contribution in [2.75, 3.05) is 4.90 Å². The van der Waals surface area contributed by atoms with Crippen LogP contribution in [0.15, 0.2) is 72.3 Å². The van der Waals surface area contributed by atoms with Crippen molar-refractivity contribution in [2.45, 2.75) is 20.3 Å². The molecular weight excluding hydrogens is 424 g/mol. The summed E-state index contributed by atoms with van der Waals surface area (Å²) in [6.07, 6.45) is 2.07. The molecule has 0 unspecified atom stereocenters. The number of nitrogens with one attached hydrogen (secondary N) is 1. The third-order valence-electron chi connectivity index (χ3n) is 5.61. The predicted molar refractivity (Wildman–Crippen MR) is 126 cm³/mol. The van der Waals surface area contributed by atoms with Crippen molar-refractivity contribution in [1.82, 2.24) is 5.32 Å². The van der Waals surface area contributed by atoms with Crippen LogP contribution in [0.3, 0.4) is 0 Å². The standard InChI is InChI=1S/C26H21ClN2O3/c1-16-8-7-13-23(17(16)2)29-25(31)21(24(30)28-26(29)32)15-19-10-4-3-9-18(19)14-20-11-5-6-12-22(20)27/h3-13,15H,14H2,1-2H3,(H,28,30,32)/b21-15+. The Labute approximate surface area is 191 Å². The Hall–Kier alpha value is -3.70. The number of hydrogen-bond donors (Lipinski definition) is 1. The van der Waals surface area contributed by atoms with Crippen LogP contribution >= 0.6 is 11.6 Å². The molecule has 0 saturated carbocycles. The fourth-order valence-electron chi connectivity index (χ4n) is 3.69. The highest BCUT2D eigenvalue weighted by atomic mass is 35.5. The molecule has 3 aromatic rings. The number of halogens is 1. The van der Waals surface area contributed by atoms with Gasteiger partial charge in [-0.25, -0.2) is 9.69 Å². The fourth-order valence-corrected chi connectivity index (χ4v) is 3.90. The zero-order valence-corrected chi connectivity index (χ0v) is 18.4. The van der Waals surface area contributed by atoms with Crippen molar-refractivity contribution >= 4 is 41.2 Å². The molecule has 3 aromatic carbocycles. The minimum absolute atomic E-state index is 0.0999. The van der Waals surface area contributed by atoms with Gasteiger partial charge in [0.05, 0.1) is 5.69 Å². The van der Waals surface area contributed by atoms with Gasteiger partial charge in [-0.15, -0.1) is 0 Å². The van der Waals surface area contributed by atoms with Gasteiger partial charge < -0.3 is 0 Å². The first-order valence-electron chi connectivity index (χ1n) is 10.2. The van der Waals surface area contributed by atoms with Crippen molar-refractivity contribution < 1.29 is 14.4 Å². The molecular formula is C26H21ClN2O3. The van der Waals surface area contributed by atoms with Crippen LogP contribution in [0.1, 0.15) is 27.8 Å². The minimum Gasteiger partial charge on any atom is -0.273 e. The van der Waals surface area contributed by atoms with Crippen molar-refractivity contribution in [3.63, 3.8) is 0 Å². The molecule has 1 aliphatic heterocycles. The Morgan fingerprint density at radius 1 is 0.875 bits per heavy atom. The molecule has 0 atom stereocenters. The van der Waals surface area contributed by atoms with Gasteiger partial charge in [0.25, 0.3) is 11.8 Å². The van der Waals surface area contributed by atoms with E-state index in [1.54, 1.807) is 12.1 Å². The Kier molecular flexibility index (Phi) is 5.93.